The molecule has 1 saturated heterocycles. The van der Waals surface area contributed by atoms with Crippen molar-refractivity contribution in [2.45, 2.75) is 24.9 Å². The normalized spacial score (nSPS) is 23.7. The van der Waals surface area contributed by atoms with Crippen molar-refractivity contribution in [3.63, 3.8) is 0 Å². The average Bonchev–Trinajstić information content (AvgIpc) is 2.77. The van der Waals surface area contributed by atoms with Crippen LogP contribution in [0.3, 0.4) is 0 Å². The molecule has 104 valence electrons. The fourth-order valence-electron chi connectivity index (χ4n) is 2.61. The molecule has 2 heterocycles. The largest absolute Gasteiger partial charge is 0.480 e. The Kier molecular flexibility index (Phi) is 4.39. The molecule has 0 aliphatic carbocycles. The SMILES string of the molecule is COCC1(C(=O)O)CCCN1Cc1ccncc1Cl. The number of hydrogen-bond acceptors (Lipinski definition) is 4. The van der Waals surface area contributed by atoms with Gasteiger partial charge in [-0.25, -0.2) is 0 Å². The Bertz CT molecular complexity index is 469. The van der Waals surface area contributed by atoms with Gasteiger partial charge in [0.2, 0.25) is 0 Å². The molecule has 0 bridgehead atoms. The first-order valence-corrected chi connectivity index (χ1v) is 6.54. The molecule has 0 spiro atoms. The van der Waals surface area contributed by atoms with E-state index in [-0.39, 0.29) is 6.61 Å². The number of pyridine rings is 1. The molecule has 2 rings (SSSR count). The highest BCUT2D eigenvalue weighted by molar-refractivity contribution is 6.31. The first-order valence-electron chi connectivity index (χ1n) is 6.16. The Morgan fingerprint density at radius 2 is 2.47 bits per heavy atom. The quantitative estimate of drug-likeness (QED) is 0.893. The predicted molar refractivity (Wildman–Crippen MR) is 71.1 cm³/mol. The van der Waals surface area contributed by atoms with E-state index in [9.17, 15) is 9.90 Å². The Morgan fingerprint density at radius 1 is 1.68 bits per heavy atom. The lowest BCUT2D eigenvalue weighted by Crippen LogP contribution is -2.53. The van der Waals surface area contributed by atoms with Crippen LogP contribution in [0.25, 0.3) is 0 Å². The Labute approximate surface area is 117 Å². The minimum atomic E-state index is -0.943. The molecule has 1 unspecified atom stereocenters. The van der Waals surface area contributed by atoms with Gasteiger partial charge in [0.05, 0.1) is 11.6 Å². The maximum atomic E-state index is 11.6. The first kappa shape index (κ1) is 14.2. The molecular formula is C13H17ClN2O3. The molecular weight excluding hydrogens is 268 g/mol. The zero-order valence-corrected chi connectivity index (χ0v) is 11.6. The number of nitrogens with zero attached hydrogens (tertiary/aromatic N) is 2. The molecule has 1 aliphatic rings. The summed E-state index contributed by atoms with van der Waals surface area (Å²) in [5.41, 5.74) is -0.0539. The number of aromatic nitrogens is 1. The van der Waals surface area contributed by atoms with E-state index in [0.29, 0.717) is 18.0 Å². The van der Waals surface area contributed by atoms with E-state index in [0.717, 1.165) is 18.5 Å². The van der Waals surface area contributed by atoms with Crippen LogP contribution in [0.15, 0.2) is 18.5 Å². The molecule has 0 radical (unpaired) electrons. The number of carboxylic acid groups (broad SMARTS) is 1. The molecule has 1 aliphatic heterocycles. The second-order valence-corrected chi connectivity index (χ2v) is 5.17. The lowest BCUT2D eigenvalue weighted by molar-refractivity contribution is -0.153. The number of carbonyl (C=O) groups is 1. The highest BCUT2D eigenvalue weighted by Gasteiger charge is 2.47. The van der Waals surface area contributed by atoms with Gasteiger partial charge in [0.1, 0.15) is 5.54 Å². The molecule has 1 atom stereocenters. The van der Waals surface area contributed by atoms with E-state index in [1.54, 1.807) is 12.4 Å². The van der Waals surface area contributed by atoms with Crippen molar-refractivity contribution < 1.29 is 14.6 Å². The van der Waals surface area contributed by atoms with Crippen LogP contribution in [0.5, 0.6) is 0 Å². The summed E-state index contributed by atoms with van der Waals surface area (Å²) in [7, 11) is 1.53. The van der Waals surface area contributed by atoms with Crippen molar-refractivity contribution in [3.05, 3.63) is 29.0 Å². The summed E-state index contributed by atoms with van der Waals surface area (Å²) < 4.78 is 5.12. The summed E-state index contributed by atoms with van der Waals surface area (Å²) in [6.07, 6.45) is 4.68. The monoisotopic (exact) mass is 284 g/mol. The number of halogens is 1. The van der Waals surface area contributed by atoms with Crippen LogP contribution in [0, 0.1) is 0 Å². The van der Waals surface area contributed by atoms with E-state index in [1.165, 1.54) is 7.11 Å². The van der Waals surface area contributed by atoms with Crippen molar-refractivity contribution in [1.82, 2.24) is 9.88 Å². The van der Waals surface area contributed by atoms with Crippen LogP contribution in [0.1, 0.15) is 18.4 Å². The molecule has 0 saturated carbocycles. The molecule has 1 aromatic rings. The number of aliphatic carboxylic acids is 1. The molecule has 1 fully saturated rings. The minimum absolute atomic E-state index is 0.186. The van der Waals surface area contributed by atoms with Gasteiger partial charge in [0.25, 0.3) is 0 Å². The van der Waals surface area contributed by atoms with Crippen molar-refractivity contribution in [1.29, 1.82) is 0 Å². The van der Waals surface area contributed by atoms with Gasteiger partial charge in [0, 0.05) is 26.0 Å². The first-order chi connectivity index (χ1) is 9.10. The Morgan fingerprint density at radius 3 is 3.11 bits per heavy atom. The molecule has 19 heavy (non-hydrogen) atoms. The smallest absolute Gasteiger partial charge is 0.326 e. The second-order valence-electron chi connectivity index (χ2n) is 4.76. The summed E-state index contributed by atoms with van der Waals surface area (Å²) >= 11 is 6.08. The van der Waals surface area contributed by atoms with Crippen molar-refractivity contribution in [2.24, 2.45) is 0 Å². The van der Waals surface area contributed by atoms with Crippen LogP contribution < -0.4 is 0 Å². The summed E-state index contributed by atoms with van der Waals surface area (Å²) in [6.45, 7) is 1.41. The van der Waals surface area contributed by atoms with Crippen molar-refractivity contribution in [2.75, 3.05) is 20.3 Å². The zero-order valence-electron chi connectivity index (χ0n) is 10.8. The minimum Gasteiger partial charge on any atom is -0.480 e. The van der Waals surface area contributed by atoms with Gasteiger partial charge in [-0.3, -0.25) is 14.7 Å². The third kappa shape index (κ3) is 2.73. The molecule has 1 N–H and O–H groups in total. The molecule has 0 amide bonds. The lowest BCUT2D eigenvalue weighted by Gasteiger charge is -2.34. The number of methoxy groups -OCH3 is 1. The van der Waals surface area contributed by atoms with Gasteiger partial charge in [0.15, 0.2) is 0 Å². The van der Waals surface area contributed by atoms with E-state index < -0.39 is 11.5 Å². The summed E-state index contributed by atoms with van der Waals surface area (Å²) in [5, 5.41) is 10.1. The maximum absolute atomic E-state index is 11.6. The number of rotatable bonds is 5. The Hall–Kier alpha value is -1.17. The van der Waals surface area contributed by atoms with Gasteiger partial charge < -0.3 is 9.84 Å². The lowest BCUT2D eigenvalue weighted by atomic mass is 9.97. The molecule has 6 heteroatoms. The fourth-order valence-corrected chi connectivity index (χ4v) is 2.79. The fraction of sp³-hybridized carbons (Fsp3) is 0.538. The molecule has 5 nitrogen and oxygen atoms in total. The number of hydrogen-bond donors (Lipinski definition) is 1. The van der Waals surface area contributed by atoms with Crippen molar-refractivity contribution in [3.8, 4) is 0 Å². The Balaban J connectivity index is 2.23. The van der Waals surface area contributed by atoms with Crippen LogP contribution in [-0.4, -0.2) is 46.8 Å². The van der Waals surface area contributed by atoms with E-state index in [4.69, 9.17) is 16.3 Å². The third-order valence-corrected chi connectivity index (χ3v) is 3.96. The second kappa shape index (κ2) is 5.86. The van der Waals surface area contributed by atoms with Gasteiger partial charge in [-0.1, -0.05) is 11.6 Å². The van der Waals surface area contributed by atoms with Gasteiger partial charge >= 0.3 is 5.97 Å². The maximum Gasteiger partial charge on any atom is 0.326 e. The van der Waals surface area contributed by atoms with Gasteiger partial charge in [-0.05, 0) is 31.0 Å². The van der Waals surface area contributed by atoms with Gasteiger partial charge in [-0.2, -0.15) is 0 Å². The standard InChI is InChI=1S/C13H17ClN2O3/c1-19-9-13(12(17)18)4-2-6-16(13)8-10-3-5-15-7-11(10)14/h3,5,7H,2,4,6,8-9H2,1H3,(H,17,18). The molecule has 1 aromatic heterocycles. The molecule has 0 aromatic carbocycles. The average molecular weight is 285 g/mol. The predicted octanol–water partition coefficient (Wildman–Crippen LogP) is 1.80. The van der Waals surface area contributed by atoms with Gasteiger partial charge in [-0.15, -0.1) is 0 Å². The highest BCUT2D eigenvalue weighted by Crippen LogP contribution is 2.32. The number of carboxylic acids is 1. The van der Waals surface area contributed by atoms with E-state index >= 15 is 0 Å². The van der Waals surface area contributed by atoms with Crippen LogP contribution in [0.2, 0.25) is 5.02 Å². The highest BCUT2D eigenvalue weighted by atomic mass is 35.5. The van der Waals surface area contributed by atoms with E-state index in [1.807, 2.05) is 11.0 Å². The van der Waals surface area contributed by atoms with Crippen LogP contribution in [0.4, 0.5) is 0 Å². The summed E-state index contributed by atoms with van der Waals surface area (Å²) in [5.74, 6) is -0.836. The summed E-state index contributed by atoms with van der Waals surface area (Å²) in [6, 6.07) is 1.82. The van der Waals surface area contributed by atoms with Crippen molar-refractivity contribution >= 4 is 17.6 Å². The zero-order chi connectivity index (χ0) is 13.9. The number of likely N-dealkylation sites (tertiary alicyclic amines) is 1. The third-order valence-electron chi connectivity index (χ3n) is 3.62. The number of ether oxygens (including phenoxy) is 1. The van der Waals surface area contributed by atoms with Crippen LogP contribution in [-0.2, 0) is 16.1 Å². The summed E-state index contributed by atoms with van der Waals surface area (Å²) in [4.78, 5) is 17.5. The van der Waals surface area contributed by atoms with Crippen LogP contribution >= 0.6 is 11.6 Å². The van der Waals surface area contributed by atoms with E-state index in [2.05, 4.69) is 4.98 Å². The topological polar surface area (TPSA) is 62.7 Å².